The molecule has 1 atom stereocenters. The van der Waals surface area contributed by atoms with E-state index in [2.05, 4.69) is 5.43 Å². The molecule has 96 valence electrons. The molecule has 0 saturated carbocycles. The van der Waals surface area contributed by atoms with Gasteiger partial charge >= 0.3 is 0 Å². The monoisotopic (exact) mass is 286 g/mol. The summed E-state index contributed by atoms with van der Waals surface area (Å²) in [5.41, 5.74) is 3.24. The van der Waals surface area contributed by atoms with E-state index in [0.29, 0.717) is 10.6 Å². The summed E-state index contributed by atoms with van der Waals surface area (Å²) in [5, 5.41) is 2.32. The Hall–Kier alpha value is -1.14. The number of thiophene rings is 1. The number of benzene rings is 1. The Morgan fingerprint density at radius 3 is 2.83 bits per heavy atom. The van der Waals surface area contributed by atoms with Crippen LogP contribution in [0.15, 0.2) is 29.6 Å². The van der Waals surface area contributed by atoms with Crippen molar-refractivity contribution >= 4 is 22.9 Å². The summed E-state index contributed by atoms with van der Waals surface area (Å²) in [6.07, 6.45) is 0. The highest BCUT2D eigenvalue weighted by Crippen LogP contribution is 2.33. The van der Waals surface area contributed by atoms with E-state index in [1.165, 1.54) is 29.5 Å². The SMILES string of the molecule is COc1csc(C(NN)c2cc(F)ccc2Cl)c1. The van der Waals surface area contributed by atoms with Gasteiger partial charge in [0.25, 0.3) is 0 Å². The molecule has 0 aliphatic heterocycles. The molecule has 1 aromatic carbocycles. The third kappa shape index (κ3) is 2.64. The van der Waals surface area contributed by atoms with Gasteiger partial charge in [0.1, 0.15) is 11.6 Å². The van der Waals surface area contributed by atoms with Crippen LogP contribution in [0.25, 0.3) is 0 Å². The van der Waals surface area contributed by atoms with Crippen LogP contribution in [-0.4, -0.2) is 7.11 Å². The van der Waals surface area contributed by atoms with Crippen LogP contribution in [0.4, 0.5) is 4.39 Å². The first-order chi connectivity index (χ1) is 8.65. The molecule has 1 unspecified atom stereocenters. The maximum Gasteiger partial charge on any atom is 0.129 e. The lowest BCUT2D eigenvalue weighted by Gasteiger charge is -2.16. The Kier molecular flexibility index (Phi) is 4.19. The molecule has 18 heavy (non-hydrogen) atoms. The average Bonchev–Trinajstić information content (AvgIpc) is 2.83. The minimum atomic E-state index is -0.359. The molecule has 0 saturated heterocycles. The molecule has 0 fully saturated rings. The Morgan fingerprint density at radius 1 is 1.44 bits per heavy atom. The first kappa shape index (κ1) is 13.3. The molecule has 0 radical (unpaired) electrons. The number of ether oxygens (including phenoxy) is 1. The van der Waals surface area contributed by atoms with Gasteiger partial charge in [-0.1, -0.05) is 11.6 Å². The molecular weight excluding hydrogens is 275 g/mol. The van der Waals surface area contributed by atoms with Crippen molar-refractivity contribution in [1.82, 2.24) is 5.43 Å². The summed E-state index contributed by atoms with van der Waals surface area (Å²) in [7, 11) is 1.59. The summed E-state index contributed by atoms with van der Waals surface area (Å²) < 4.78 is 18.4. The van der Waals surface area contributed by atoms with Crippen molar-refractivity contribution in [1.29, 1.82) is 0 Å². The number of hydrogen-bond acceptors (Lipinski definition) is 4. The fourth-order valence-corrected chi connectivity index (χ4v) is 2.81. The molecular formula is C12H12ClFN2OS. The van der Waals surface area contributed by atoms with E-state index in [1.54, 1.807) is 7.11 Å². The van der Waals surface area contributed by atoms with Crippen molar-refractivity contribution in [3.8, 4) is 5.75 Å². The highest BCUT2D eigenvalue weighted by Gasteiger charge is 2.18. The molecule has 6 heteroatoms. The predicted molar refractivity (Wildman–Crippen MR) is 71.4 cm³/mol. The van der Waals surface area contributed by atoms with E-state index in [9.17, 15) is 4.39 Å². The van der Waals surface area contributed by atoms with E-state index in [0.717, 1.165) is 10.6 Å². The largest absolute Gasteiger partial charge is 0.496 e. The van der Waals surface area contributed by atoms with Crippen molar-refractivity contribution in [2.24, 2.45) is 5.84 Å². The third-order valence-electron chi connectivity index (χ3n) is 2.55. The first-order valence-corrected chi connectivity index (χ1v) is 6.45. The molecule has 0 bridgehead atoms. The topological polar surface area (TPSA) is 47.3 Å². The minimum absolute atomic E-state index is 0.349. The number of nitrogens with one attached hydrogen (secondary N) is 1. The molecule has 3 N–H and O–H groups in total. The number of halogens is 2. The highest BCUT2D eigenvalue weighted by atomic mass is 35.5. The summed E-state index contributed by atoms with van der Waals surface area (Å²) in [5.74, 6) is 5.93. The molecule has 3 nitrogen and oxygen atoms in total. The fraction of sp³-hybridized carbons (Fsp3) is 0.167. The standard InChI is InChI=1S/C12H12ClFN2OS/c1-17-8-5-11(18-6-8)12(16-15)9-4-7(14)2-3-10(9)13/h2-6,12,16H,15H2,1H3. The second-order valence-corrected chi connectivity index (χ2v) is 5.00. The van der Waals surface area contributed by atoms with Crippen LogP contribution in [0.2, 0.25) is 5.02 Å². The number of methoxy groups -OCH3 is 1. The normalized spacial score (nSPS) is 12.4. The van der Waals surface area contributed by atoms with Crippen molar-refractivity contribution in [2.75, 3.05) is 7.11 Å². The molecule has 2 rings (SSSR count). The zero-order valence-electron chi connectivity index (χ0n) is 9.61. The minimum Gasteiger partial charge on any atom is -0.496 e. The highest BCUT2D eigenvalue weighted by molar-refractivity contribution is 7.10. The van der Waals surface area contributed by atoms with Crippen LogP contribution >= 0.6 is 22.9 Å². The predicted octanol–water partition coefficient (Wildman–Crippen LogP) is 3.10. The molecule has 2 aromatic rings. The molecule has 0 aliphatic carbocycles. The Balaban J connectivity index is 2.41. The van der Waals surface area contributed by atoms with Gasteiger partial charge in [-0.15, -0.1) is 11.3 Å². The number of hydrogen-bond donors (Lipinski definition) is 2. The summed E-state index contributed by atoms with van der Waals surface area (Å²) in [4.78, 5) is 0.904. The van der Waals surface area contributed by atoms with Gasteiger partial charge in [0.05, 0.1) is 13.2 Å². The zero-order valence-corrected chi connectivity index (χ0v) is 11.2. The summed E-state index contributed by atoms with van der Waals surface area (Å²) in [6, 6.07) is 5.69. The number of nitrogens with two attached hydrogens (primary N) is 1. The second-order valence-electron chi connectivity index (χ2n) is 3.65. The zero-order chi connectivity index (χ0) is 13.1. The van der Waals surface area contributed by atoms with Gasteiger partial charge in [-0.3, -0.25) is 5.84 Å². The van der Waals surface area contributed by atoms with Crippen LogP contribution in [0.1, 0.15) is 16.5 Å². The number of rotatable bonds is 4. The Morgan fingerprint density at radius 2 is 2.22 bits per heavy atom. The first-order valence-electron chi connectivity index (χ1n) is 5.19. The van der Waals surface area contributed by atoms with Crippen molar-refractivity contribution in [2.45, 2.75) is 6.04 Å². The van der Waals surface area contributed by atoms with Crippen molar-refractivity contribution in [3.05, 3.63) is 50.9 Å². The van der Waals surface area contributed by atoms with Crippen LogP contribution < -0.4 is 16.0 Å². The van der Waals surface area contributed by atoms with E-state index in [1.807, 2.05) is 11.4 Å². The number of hydrazine groups is 1. The lowest BCUT2D eigenvalue weighted by molar-refractivity contribution is 0.416. The molecule has 1 aromatic heterocycles. The summed E-state index contributed by atoms with van der Waals surface area (Å²) >= 11 is 7.54. The fourth-order valence-electron chi connectivity index (χ4n) is 1.65. The van der Waals surface area contributed by atoms with Crippen molar-refractivity contribution < 1.29 is 9.13 Å². The van der Waals surface area contributed by atoms with Crippen LogP contribution in [-0.2, 0) is 0 Å². The van der Waals surface area contributed by atoms with E-state index in [-0.39, 0.29) is 11.9 Å². The quantitative estimate of drug-likeness (QED) is 0.671. The molecule has 0 aliphatic rings. The third-order valence-corrected chi connectivity index (χ3v) is 3.87. The van der Waals surface area contributed by atoms with Gasteiger partial charge in [-0.25, -0.2) is 9.82 Å². The van der Waals surface area contributed by atoms with Gasteiger partial charge in [0.15, 0.2) is 0 Å². The Labute approximate surface area is 113 Å². The van der Waals surface area contributed by atoms with E-state index in [4.69, 9.17) is 22.2 Å². The lowest BCUT2D eigenvalue weighted by Crippen LogP contribution is -2.28. The molecule has 0 amide bonds. The van der Waals surface area contributed by atoms with Crippen LogP contribution in [0.5, 0.6) is 5.75 Å². The van der Waals surface area contributed by atoms with Crippen molar-refractivity contribution in [3.63, 3.8) is 0 Å². The maximum absolute atomic E-state index is 13.3. The van der Waals surface area contributed by atoms with Crippen LogP contribution in [0.3, 0.4) is 0 Å². The molecule has 0 spiro atoms. The smallest absolute Gasteiger partial charge is 0.129 e. The maximum atomic E-state index is 13.3. The van der Waals surface area contributed by atoms with Gasteiger partial charge in [0, 0.05) is 15.3 Å². The van der Waals surface area contributed by atoms with Gasteiger partial charge in [-0.05, 0) is 29.8 Å². The van der Waals surface area contributed by atoms with E-state index < -0.39 is 0 Å². The van der Waals surface area contributed by atoms with Gasteiger partial charge < -0.3 is 4.74 Å². The van der Waals surface area contributed by atoms with Crippen LogP contribution in [0, 0.1) is 5.82 Å². The van der Waals surface area contributed by atoms with Gasteiger partial charge in [-0.2, -0.15) is 0 Å². The second kappa shape index (κ2) is 5.67. The molecule has 1 heterocycles. The Bertz CT molecular complexity index is 547. The van der Waals surface area contributed by atoms with E-state index >= 15 is 0 Å². The average molecular weight is 287 g/mol. The summed E-state index contributed by atoms with van der Waals surface area (Å²) in [6.45, 7) is 0. The lowest BCUT2D eigenvalue weighted by atomic mass is 10.1. The van der Waals surface area contributed by atoms with Gasteiger partial charge in [0.2, 0.25) is 0 Å².